The van der Waals surface area contributed by atoms with Crippen molar-refractivity contribution in [2.75, 3.05) is 0 Å². The monoisotopic (exact) mass is 436 g/mol. The summed E-state index contributed by atoms with van der Waals surface area (Å²) in [7, 11) is 0. The van der Waals surface area contributed by atoms with Crippen molar-refractivity contribution in [3.8, 4) is 11.5 Å². The number of fused-ring (bicyclic) bond motifs is 1. The third kappa shape index (κ3) is 4.30. The maximum Gasteiger partial charge on any atom is 0.336 e. The Bertz CT molecular complexity index is 1200. The zero-order valence-corrected chi connectivity index (χ0v) is 17.0. The molecule has 6 heteroatoms. The van der Waals surface area contributed by atoms with Gasteiger partial charge in [0, 0.05) is 12.1 Å². The molecule has 3 aromatic rings. The highest BCUT2D eigenvalue weighted by molar-refractivity contribution is 6.43. The van der Waals surface area contributed by atoms with E-state index in [1.54, 1.807) is 36.4 Å². The highest BCUT2D eigenvalue weighted by atomic mass is 35.5. The van der Waals surface area contributed by atoms with Gasteiger partial charge in [-0.3, -0.25) is 4.79 Å². The Morgan fingerprint density at radius 1 is 0.967 bits per heavy atom. The van der Waals surface area contributed by atoms with Gasteiger partial charge < -0.3 is 9.47 Å². The molecule has 148 valence electrons. The molecule has 1 heterocycles. The number of esters is 1. The van der Waals surface area contributed by atoms with Crippen molar-refractivity contribution in [2.24, 2.45) is 0 Å². The molecule has 0 amide bonds. The maximum atomic E-state index is 12.6. The van der Waals surface area contributed by atoms with Crippen LogP contribution in [0.4, 0.5) is 0 Å². The SMILES string of the molecule is O=C(/C=C/c1ccccc1)Oc1ccc2c(c1)O/C(=C\c1cccc(Cl)c1Cl)C2=O. The van der Waals surface area contributed by atoms with Crippen LogP contribution in [0, 0.1) is 0 Å². The van der Waals surface area contributed by atoms with Crippen LogP contribution in [0.5, 0.6) is 11.5 Å². The molecule has 0 radical (unpaired) electrons. The van der Waals surface area contributed by atoms with Gasteiger partial charge in [-0.2, -0.15) is 0 Å². The number of ketones is 1. The van der Waals surface area contributed by atoms with Gasteiger partial charge >= 0.3 is 5.97 Å². The van der Waals surface area contributed by atoms with Gasteiger partial charge in [-0.25, -0.2) is 4.79 Å². The zero-order chi connectivity index (χ0) is 21.1. The molecule has 0 aliphatic carbocycles. The molecule has 30 heavy (non-hydrogen) atoms. The number of carbonyl (C=O) groups is 2. The normalized spacial score (nSPS) is 14.1. The zero-order valence-electron chi connectivity index (χ0n) is 15.5. The Balaban J connectivity index is 1.51. The minimum Gasteiger partial charge on any atom is -0.452 e. The van der Waals surface area contributed by atoms with E-state index >= 15 is 0 Å². The smallest absolute Gasteiger partial charge is 0.336 e. The molecule has 4 rings (SSSR count). The summed E-state index contributed by atoms with van der Waals surface area (Å²) >= 11 is 12.2. The number of benzene rings is 3. The third-order valence-electron chi connectivity index (χ3n) is 4.34. The van der Waals surface area contributed by atoms with Crippen molar-refractivity contribution >= 4 is 47.1 Å². The van der Waals surface area contributed by atoms with Crippen molar-refractivity contribution in [1.82, 2.24) is 0 Å². The number of Topliss-reactive ketones (excluding diaryl/α,β-unsaturated/α-hetero) is 1. The van der Waals surface area contributed by atoms with E-state index in [9.17, 15) is 9.59 Å². The fourth-order valence-electron chi connectivity index (χ4n) is 2.88. The first-order valence-electron chi connectivity index (χ1n) is 8.98. The molecule has 0 N–H and O–H groups in total. The largest absolute Gasteiger partial charge is 0.452 e. The first-order chi connectivity index (χ1) is 14.5. The van der Waals surface area contributed by atoms with Crippen molar-refractivity contribution in [1.29, 1.82) is 0 Å². The lowest BCUT2D eigenvalue weighted by Gasteiger charge is -2.04. The molecule has 3 aromatic carbocycles. The van der Waals surface area contributed by atoms with E-state index < -0.39 is 5.97 Å². The molecule has 0 bridgehead atoms. The van der Waals surface area contributed by atoms with Gasteiger partial charge in [-0.05, 0) is 41.5 Å². The van der Waals surface area contributed by atoms with E-state index in [0.717, 1.165) is 5.56 Å². The Labute approximate surface area is 183 Å². The van der Waals surface area contributed by atoms with E-state index in [-0.39, 0.29) is 17.3 Å². The van der Waals surface area contributed by atoms with Crippen LogP contribution in [0.1, 0.15) is 21.5 Å². The Hall–Kier alpha value is -3.34. The van der Waals surface area contributed by atoms with Crippen LogP contribution in [0.3, 0.4) is 0 Å². The van der Waals surface area contributed by atoms with E-state index in [0.29, 0.717) is 26.9 Å². The topological polar surface area (TPSA) is 52.6 Å². The van der Waals surface area contributed by atoms with Crippen molar-refractivity contribution < 1.29 is 19.1 Å². The van der Waals surface area contributed by atoms with E-state index in [4.69, 9.17) is 32.7 Å². The summed E-state index contributed by atoms with van der Waals surface area (Å²) in [6.45, 7) is 0. The van der Waals surface area contributed by atoms with Gasteiger partial charge in [-0.1, -0.05) is 65.7 Å². The van der Waals surface area contributed by atoms with Crippen LogP contribution < -0.4 is 9.47 Å². The highest BCUT2D eigenvalue weighted by Crippen LogP contribution is 2.36. The number of ether oxygens (including phenoxy) is 2. The van der Waals surface area contributed by atoms with Crippen LogP contribution in [0.2, 0.25) is 10.0 Å². The molecule has 0 saturated carbocycles. The number of hydrogen-bond donors (Lipinski definition) is 0. The summed E-state index contributed by atoms with van der Waals surface area (Å²) in [6, 6.07) is 19.1. The third-order valence-corrected chi connectivity index (χ3v) is 5.17. The first kappa shape index (κ1) is 20.0. The molecule has 0 fully saturated rings. The van der Waals surface area contributed by atoms with E-state index in [1.807, 2.05) is 30.3 Å². The van der Waals surface area contributed by atoms with E-state index in [1.165, 1.54) is 18.2 Å². The van der Waals surface area contributed by atoms with Gasteiger partial charge in [0.15, 0.2) is 5.76 Å². The van der Waals surface area contributed by atoms with Gasteiger partial charge in [0.1, 0.15) is 11.5 Å². The van der Waals surface area contributed by atoms with Crippen LogP contribution in [-0.2, 0) is 4.79 Å². The van der Waals surface area contributed by atoms with E-state index in [2.05, 4.69) is 0 Å². The van der Waals surface area contributed by atoms with Crippen LogP contribution in [-0.4, -0.2) is 11.8 Å². The number of rotatable bonds is 4. The summed E-state index contributed by atoms with van der Waals surface area (Å²) < 4.78 is 11.0. The fraction of sp³-hybridized carbons (Fsp3) is 0. The highest BCUT2D eigenvalue weighted by Gasteiger charge is 2.28. The number of halogens is 2. The van der Waals surface area contributed by atoms with Crippen LogP contribution in [0.25, 0.3) is 12.2 Å². The molecule has 0 aromatic heterocycles. The van der Waals surface area contributed by atoms with Gasteiger partial charge in [0.2, 0.25) is 5.78 Å². The summed E-state index contributed by atoms with van der Waals surface area (Å²) in [5.74, 6) is -0.137. The van der Waals surface area contributed by atoms with Gasteiger partial charge in [0.25, 0.3) is 0 Å². The lowest BCUT2D eigenvalue weighted by Crippen LogP contribution is -2.03. The summed E-state index contributed by atoms with van der Waals surface area (Å²) in [4.78, 5) is 24.7. The van der Waals surface area contributed by atoms with Gasteiger partial charge in [0.05, 0.1) is 15.6 Å². The lowest BCUT2D eigenvalue weighted by atomic mass is 10.1. The Kier molecular flexibility index (Phi) is 5.70. The molecular weight excluding hydrogens is 423 g/mol. The predicted molar refractivity (Wildman–Crippen MR) is 117 cm³/mol. The van der Waals surface area contributed by atoms with Crippen LogP contribution >= 0.6 is 23.2 Å². The maximum absolute atomic E-state index is 12.6. The fourth-order valence-corrected chi connectivity index (χ4v) is 3.24. The minimum atomic E-state index is -0.537. The van der Waals surface area contributed by atoms with Crippen molar-refractivity contribution in [3.05, 3.63) is 105 Å². The quantitative estimate of drug-likeness (QED) is 0.276. The number of carbonyl (C=O) groups excluding carboxylic acids is 2. The minimum absolute atomic E-state index is 0.113. The summed E-state index contributed by atoms with van der Waals surface area (Å²) in [5, 5.41) is 0.713. The molecular formula is C24H14Cl2O4. The second kappa shape index (κ2) is 8.57. The number of allylic oxidation sites excluding steroid dienone is 1. The Morgan fingerprint density at radius 2 is 1.77 bits per heavy atom. The number of hydrogen-bond acceptors (Lipinski definition) is 4. The molecule has 0 saturated heterocycles. The average molecular weight is 437 g/mol. The molecule has 1 aliphatic heterocycles. The second-order valence-electron chi connectivity index (χ2n) is 6.41. The lowest BCUT2D eigenvalue weighted by molar-refractivity contribution is -0.128. The molecule has 4 nitrogen and oxygen atoms in total. The Morgan fingerprint density at radius 3 is 2.57 bits per heavy atom. The predicted octanol–water partition coefficient (Wildman–Crippen LogP) is 6.23. The van der Waals surface area contributed by atoms with Crippen LogP contribution in [0.15, 0.2) is 78.6 Å². The summed E-state index contributed by atoms with van der Waals surface area (Å²) in [5.41, 5.74) is 1.82. The van der Waals surface area contributed by atoms with Crippen molar-refractivity contribution in [3.63, 3.8) is 0 Å². The first-order valence-corrected chi connectivity index (χ1v) is 9.74. The van der Waals surface area contributed by atoms with Gasteiger partial charge in [-0.15, -0.1) is 0 Å². The molecule has 1 aliphatic rings. The standard InChI is InChI=1S/C24H14Cl2O4/c25-19-8-4-7-16(23(19)26)13-21-24(28)18-11-10-17(14-20(18)30-21)29-22(27)12-9-15-5-2-1-3-6-15/h1-14H/b12-9+,21-13-. The second-order valence-corrected chi connectivity index (χ2v) is 7.19. The molecule has 0 atom stereocenters. The molecule has 0 unspecified atom stereocenters. The molecule has 0 spiro atoms. The van der Waals surface area contributed by atoms with Crippen molar-refractivity contribution in [2.45, 2.75) is 0 Å². The summed E-state index contributed by atoms with van der Waals surface area (Å²) in [6.07, 6.45) is 4.52. The average Bonchev–Trinajstić information content (AvgIpc) is 3.05.